The van der Waals surface area contributed by atoms with Crippen molar-refractivity contribution in [2.75, 3.05) is 0 Å². The van der Waals surface area contributed by atoms with Gasteiger partial charge < -0.3 is 10.7 Å². The highest BCUT2D eigenvalue weighted by Crippen LogP contribution is 2.17. The lowest BCUT2D eigenvalue weighted by atomic mass is 9.90. The molecule has 0 spiro atoms. The molecule has 2 unspecified atom stereocenters. The van der Waals surface area contributed by atoms with Gasteiger partial charge in [0.15, 0.2) is 0 Å². The largest absolute Gasteiger partial charge is 0.349 e. The molecule has 1 aromatic heterocycles. The van der Waals surface area contributed by atoms with Gasteiger partial charge in [0.25, 0.3) is 0 Å². The number of aromatic nitrogens is 2. The second-order valence-corrected chi connectivity index (χ2v) is 4.21. The van der Waals surface area contributed by atoms with E-state index in [1.807, 2.05) is 6.20 Å². The van der Waals surface area contributed by atoms with Crippen molar-refractivity contribution in [2.24, 2.45) is 11.7 Å². The molecule has 3 N–H and O–H groups in total. The maximum absolute atomic E-state index is 6.20. The van der Waals surface area contributed by atoms with Crippen LogP contribution in [0.2, 0.25) is 0 Å². The van der Waals surface area contributed by atoms with Gasteiger partial charge in [-0.1, -0.05) is 33.1 Å². The Kier molecular flexibility index (Phi) is 5.40. The van der Waals surface area contributed by atoms with E-state index in [0.29, 0.717) is 5.92 Å². The second kappa shape index (κ2) is 6.62. The minimum absolute atomic E-state index is 0.243. The summed E-state index contributed by atoms with van der Waals surface area (Å²) in [6.45, 7) is 4.45. The molecule has 0 fully saturated rings. The monoisotopic (exact) mass is 209 g/mol. The van der Waals surface area contributed by atoms with Gasteiger partial charge in [0.1, 0.15) is 5.82 Å². The Balaban J connectivity index is 2.39. The van der Waals surface area contributed by atoms with Crippen molar-refractivity contribution >= 4 is 0 Å². The molecule has 0 radical (unpaired) electrons. The molecule has 0 saturated carbocycles. The lowest BCUT2D eigenvalue weighted by Crippen LogP contribution is -2.32. The van der Waals surface area contributed by atoms with Crippen LogP contribution in [0.15, 0.2) is 12.4 Å². The van der Waals surface area contributed by atoms with E-state index in [1.165, 1.54) is 25.7 Å². The van der Waals surface area contributed by atoms with E-state index in [9.17, 15) is 0 Å². The van der Waals surface area contributed by atoms with Crippen LogP contribution in [0, 0.1) is 5.92 Å². The molecule has 15 heavy (non-hydrogen) atoms. The highest BCUT2D eigenvalue weighted by Gasteiger charge is 2.16. The zero-order valence-electron chi connectivity index (χ0n) is 9.87. The maximum Gasteiger partial charge on any atom is 0.107 e. The van der Waals surface area contributed by atoms with Crippen molar-refractivity contribution in [1.29, 1.82) is 0 Å². The fourth-order valence-corrected chi connectivity index (χ4v) is 1.99. The predicted molar refractivity (Wildman–Crippen MR) is 63.6 cm³/mol. The Hall–Kier alpha value is -0.830. The van der Waals surface area contributed by atoms with Crippen LogP contribution in [-0.4, -0.2) is 16.0 Å². The summed E-state index contributed by atoms with van der Waals surface area (Å²) in [7, 11) is 0. The van der Waals surface area contributed by atoms with Crippen LogP contribution in [0.4, 0.5) is 0 Å². The summed E-state index contributed by atoms with van der Waals surface area (Å²) in [5.74, 6) is 1.65. The van der Waals surface area contributed by atoms with Gasteiger partial charge in [0.2, 0.25) is 0 Å². The van der Waals surface area contributed by atoms with Crippen LogP contribution in [0.5, 0.6) is 0 Å². The van der Waals surface area contributed by atoms with Gasteiger partial charge in [-0.15, -0.1) is 0 Å². The van der Waals surface area contributed by atoms with Crippen LogP contribution in [0.25, 0.3) is 0 Å². The van der Waals surface area contributed by atoms with Crippen LogP contribution in [0.3, 0.4) is 0 Å². The molecule has 0 aliphatic heterocycles. The molecule has 0 aliphatic carbocycles. The van der Waals surface area contributed by atoms with Crippen molar-refractivity contribution < 1.29 is 0 Å². The van der Waals surface area contributed by atoms with Crippen molar-refractivity contribution in [3.63, 3.8) is 0 Å². The van der Waals surface area contributed by atoms with Gasteiger partial charge in [-0.25, -0.2) is 4.98 Å². The summed E-state index contributed by atoms with van der Waals surface area (Å²) in [5, 5.41) is 0. The Morgan fingerprint density at radius 1 is 1.47 bits per heavy atom. The first-order valence-electron chi connectivity index (χ1n) is 6.01. The maximum atomic E-state index is 6.20. The van der Waals surface area contributed by atoms with Crippen LogP contribution in [-0.2, 0) is 6.42 Å². The van der Waals surface area contributed by atoms with Gasteiger partial charge >= 0.3 is 0 Å². The summed E-state index contributed by atoms with van der Waals surface area (Å²) in [4.78, 5) is 7.33. The third-order valence-corrected chi connectivity index (χ3v) is 3.04. The average molecular weight is 209 g/mol. The normalized spacial score (nSPS) is 15.1. The Bertz CT molecular complexity index is 243. The summed E-state index contributed by atoms with van der Waals surface area (Å²) in [6.07, 6.45) is 9.46. The van der Waals surface area contributed by atoms with Gasteiger partial charge in [0.05, 0.1) is 0 Å². The lowest BCUT2D eigenvalue weighted by molar-refractivity contribution is 0.365. The van der Waals surface area contributed by atoms with Crippen LogP contribution in [0.1, 0.15) is 45.4 Å². The Morgan fingerprint density at radius 3 is 2.80 bits per heavy atom. The number of imidazole rings is 1. The Labute approximate surface area is 92.5 Å². The molecule has 3 heteroatoms. The highest BCUT2D eigenvalue weighted by atomic mass is 14.9. The first-order chi connectivity index (χ1) is 7.27. The van der Waals surface area contributed by atoms with E-state index in [2.05, 4.69) is 23.8 Å². The third kappa shape index (κ3) is 4.04. The molecule has 0 aliphatic rings. The number of nitrogens with two attached hydrogens (primary N) is 1. The molecule has 1 aromatic rings. The van der Waals surface area contributed by atoms with Crippen molar-refractivity contribution in [3.8, 4) is 0 Å². The van der Waals surface area contributed by atoms with E-state index in [-0.39, 0.29) is 6.04 Å². The topological polar surface area (TPSA) is 54.7 Å². The molecule has 0 saturated heterocycles. The molecular weight excluding hydrogens is 186 g/mol. The fraction of sp³-hybridized carbons (Fsp3) is 0.750. The van der Waals surface area contributed by atoms with Crippen molar-refractivity contribution in [1.82, 2.24) is 9.97 Å². The van der Waals surface area contributed by atoms with Crippen LogP contribution < -0.4 is 5.73 Å². The third-order valence-electron chi connectivity index (χ3n) is 3.04. The van der Waals surface area contributed by atoms with Gasteiger partial charge in [-0.05, 0) is 12.3 Å². The average Bonchev–Trinajstić information content (AvgIpc) is 2.71. The molecule has 2 atom stereocenters. The number of aromatic amines is 1. The predicted octanol–water partition coefficient (Wildman–Crippen LogP) is 2.50. The first-order valence-corrected chi connectivity index (χ1v) is 6.01. The van der Waals surface area contributed by atoms with Gasteiger partial charge in [-0.3, -0.25) is 0 Å². The molecule has 86 valence electrons. The summed E-state index contributed by atoms with van der Waals surface area (Å²) < 4.78 is 0. The minimum atomic E-state index is 0.243. The smallest absolute Gasteiger partial charge is 0.107 e. The number of rotatable bonds is 7. The summed E-state index contributed by atoms with van der Waals surface area (Å²) >= 11 is 0. The molecule has 0 bridgehead atoms. The number of H-pyrrole nitrogens is 1. The zero-order chi connectivity index (χ0) is 11.1. The number of unbranched alkanes of at least 4 members (excludes halogenated alkanes) is 1. The highest BCUT2D eigenvalue weighted by molar-refractivity contribution is 4.91. The SMILES string of the molecule is CCCCC(CC)C(N)Cc1ncc[nH]1. The number of nitrogens with one attached hydrogen (secondary N) is 1. The van der Waals surface area contributed by atoms with E-state index in [4.69, 9.17) is 5.73 Å². The number of hydrogen-bond acceptors (Lipinski definition) is 2. The summed E-state index contributed by atoms with van der Waals surface area (Å²) in [5.41, 5.74) is 6.20. The lowest BCUT2D eigenvalue weighted by Gasteiger charge is -2.21. The van der Waals surface area contributed by atoms with Gasteiger partial charge in [-0.2, -0.15) is 0 Å². The molecule has 1 heterocycles. The van der Waals surface area contributed by atoms with Crippen LogP contribution >= 0.6 is 0 Å². The number of hydrogen-bond donors (Lipinski definition) is 2. The second-order valence-electron chi connectivity index (χ2n) is 4.21. The summed E-state index contributed by atoms with van der Waals surface area (Å²) in [6, 6.07) is 0.243. The molecular formula is C12H23N3. The zero-order valence-corrected chi connectivity index (χ0v) is 9.87. The molecule has 1 rings (SSSR count). The number of nitrogens with zero attached hydrogens (tertiary/aromatic N) is 1. The van der Waals surface area contributed by atoms with Crippen molar-refractivity contribution in [2.45, 2.75) is 52.0 Å². The van der Waals surface area contributed by atoms with E-state index in [1.54, 1.807) is 6.20 Å². The molecule has 0 amide bonds. The Morgan fingerprint density at radius 2 is 2.27 bits per heavy atom. The minimum Gasteiger partial charge on any atom is -0.349 e. The van der Waals surface area contributed by atoms with Crippen molar-refractivity contribution in [3.05, 3.63) is 18.2 Å². The van der Waals surface area contributed by atoms with E-state index >= 15 is 0 Å². The molecule has 0 aromatic carbocycles. The van der Waals surface area contributed by atoms with E-state index in [0.717, 1.165) is 12.2 Å². The van der Waals surface area contributed by atoms with E-state index < -0.39 is 0 Å². The quantitative estimate of drug-likeness (QED) is 0.725. The fourth-order valence-electron chi connectivity index (χ4n) is 1.99. The first kappa shape index (κ1) is 12.2. The standard InChI is InChI=1S/C12H23N3/c1-3-5-6-10(4-2)11(13)9-12-14-7-8-15-12/h7-8,10-11H,3-6,9,13H2,1-2H3,(H,14,15). The molecule has 3 nitrogen and oxygen atoms in total. The van der Waals surface area contributed by atoms with Gasteiger partial charge in [0, 0.05) is 24.9 Å².